The molecule has 21 heavy (non-hydrogen) atoms. The maximum atomic E-state index is 5.75. The average Bonchev–Trinajstić information content (AvgIpc) is 3.06. The fourth-order valence-corrected chi connectivity index (χ4v) is 4.53. The maximum absolute atomic E-state index is 5.75. The molecule has 1 aliphatic rings. The van der Waals surface area contributed by atoms with Crippen molar-refractivity contribution in [2.24, 2.45) is 11.7 Å². The standard InChI is InChI=1S/C15H22N4S2/c1-9-14(17-10(2)21-9)13-8-20-15(19-13)18-12-5-3-11(7-16)4-6-12/h8,11-12H,3-7,16H2,1-2H3,(H,18,19). The van der Waals surface area contributed by atoms with Crippen molar-refractivity contribution >= 4 is 27.8 Å². The molecule has 1 saturated carbocycles. The zero-order chi connectivity index (χ0) is 14.8. The minimum atomic E-state index is 0.546. The van der Waals surface area contributed by atoms with Gasteiger partial charge < -0.3 is 11.1 Å². The van der Waals surface area contributed by atoms with E-state index >= 15 is 0 Å². The van der Waals surface area contributed by atoms with Crippen LogP contribution >= 0.6 is 22.7 Å². The summed E-state index contributed by atoms with van der Waals surface area (Å²) in [7, 11) is 0. The zero-order valence-corrected chi connectivity index (χ0v) is 14.2. The molecule has 0 aromatic carbocycles. The molecule has 6 heteroatoms. The van der Waals surface area contributed by atoms with Crippen LogP contribution in [0.1, 0.15) is 35.6 Å². The SMILES string of the molecule is Cc1nc(-c2csc(NC3CCC(CN)CC3)n2)c(C)s1. The predicted octanol–water partition coefficient (Wildman–Crippen LogP) is 3.81. The summed E-state index contributed by atoms with van der Waals surface area (Å²) in [6.45, 7) is 4.99. The van der Waals surface area contributed by atoms with Crippen LogP contribution < -0.4 is 11.1 Å². The Labute approximate surface area is 133 Å². The minimum Gasteiger partial charge on any atom is -0.359 e. The lowest BCUT2D eigenvalue weighted by molar-refractivity contribution is 0.345. The number of aryl methyl sites for hydroxylation is 2. The van der Waals surface area contributed by atoms with Gasteiger partial charge in [0.05, 0.1) is 5.01 Å². The van der Waals surface area contributed by atoms with Crippen molar-refractivity contribution in [2.45, 2.75) is 45.6 Å². The number of aromatic nitrogens is 2. The third-order valence-corrected chi connectivity index (χ3v) is 5.82. The molecule has 1 aliphatic carbocycles. The molecule has 4 nitrogen and oxygen atoms in total. The first-order chi connectivity index (χ1) is 10.2. The maximum Gasteiger partial charge on any atom is 0.183 e. The zero-order valence-electron chi connectivity index (χ0n) is 12.6. The van der Waals surface area contributed by atoms with Crippen molar-refractivity contribution in [1.82, 2.24) is 9.97 Å². The molecule has 1 fully saturated rings. The van der Waals surface area contributed by atoms with Crippen LogP contribution in [-0.4, -0.2) is 22.6 Å². The number of hydrogen-bond acceptors (Lipinski definition) is 6. The Kier molecular flexibility index (Phi) is 4.57. The fourth-order valence-electron chi connectivity index (χ4n) is 2.93. The highest BCUT2D eigenvalue weighted by Gasteiger charge is 2.21. The second kappa shape index (κ2) is 6.42. The third-order valence-electron chi connectivity index (χ3n) is 4.16. The number of nitrogens with two attached hydrogens (primary N) is 1. The van der Waals surface area contributed by atoms with Crippen LogP contribution in [0.5, 0.6) is 0 Å². The first-order valence-corrected chi connectivity index (χ1v) is 9.22. The normalized spacial score (nSPS) is 22.4. The van der Waals surface area contributed by atoms with Gasteiger partial charge in [0, 0.05) is 16.3 Å². The Bertz CT molecular complexity index is 597. The number of nitrogens with one attached hydrogen (secondary N) is 1. The van der Waals surface area contributed by atoms with Gasteiger partial charge in [0.15, 0.2) is 5.13 Å². The van der Waals surface area contributed by atoms with E-state index < -0.39 is 0 Å². The van der Waals surface area contributed by atoms with Crippen molar-refractivity contribution in [2.75, 3.05) is 11.9 Å². The highest BCUT2D eigenvalue weighted by molar-refractivity contribution is 7.14. The van der Waals surface area contributed by atoms with E-state index in [1.807, 2.05) is 6.92 Å². The van der Waals surface area contributed by atoms with Crippen LogP contribution in [0.2, 0.25) is 0 Å². The Balaban J connectivity index is 1.64. The smallest absolute Gasteiger partial charge is 0.183 e. The molecule has 0 atom stereocenters. The summed E-state index contributed by atoms with van der Waals surface area (Å²) < 4.78 is 0. The van der Waals surface area contributed by atoms with Gasteiger partial charge in [-0.25, -0.2) is 9.97 Å². The quantitative estimate of drug-likeness (QED) is 0.898. The van der Waals surface area contributed by atoms with Crippen molar-refractivity contribution in [3.8, 4) is 11.4 Å². The predicted molar refractivity (Wildman–Crippen MR) is 91.1 cm³/mol. The van der Waals surface area contributed by atoms with E-state index in [-0.39, 0.29) is 0 Å². The van der Waals surface area contributed by atoms with E-state index in [9.17, 15) is 0 Å². The summed E-state index contributed by atoms with van der Waals surface area (Å²) in [6.07, 6.45) is 4.87. The molecule has 0 aliphatic heterocycles. The first kappa shape index (κ1) is 14.9. The summed E-state index contributed by atoms with van der Waals surface area (Å²) in [5.74, 6) is 0.718. The van der Waals surface area contributed by atoms with Crippen LogP contribution in [0.3, 0.4) is 0 Å². The molecule has 3 rings (SSSR count). The van der Waals surface area contributed by atoms with Crippen molar-refractivity contribution in [3.05, 3.63) is 15.3 Å². The first-order valence-electron chi connectivity index (χ1n) is 7.52. The summed E-state index contributed by atoms with van der Waals surface area (Å²) in [4.78, 5) is 10.5. The molecule has 3 N–H and O–H groups in total. The van der Waals surface area contributed by atoms with E-state index in [0.717, 1.165) is 34.0 Å². The Morgan fingerprint density at radius 3 is 2.62 bits per heavy atom. The number of rotatable bonds is 4. The van der Waals surface area contributed by atoms with Gasteiger partial charge in [0.1, 0.15) is 11.4 Å². The van der Waals surface area contributed by atoms with Crippen LogP contribution in [-0.2, 0) is 0 Å². The largest absolute Gasteiger partial charge is 0.359 e. The molecular formula is C15H22N4S2. The molecule has 114 valence electrons. The molecule has 0 bridgehead atoms. The van der Waals surface area contributed by atoms with Gasteiger partial charge in [-0.2, -0.15) is 0 Å². The monoisotopic (exact) mass is 322 g/mol. The summed E-state index contributed by atoms with van der Waals surface area (Å²) in [5, 5.41) is 7.81. The summed E-state index contributed by atoms with van der Waals surface area (Å²) in [6, 6.07) is 0.546. The van der Waals surface area contributed by atoms with Gasteiger partial charge in [-0.3, -0.25) is 0 Å². The molecule has 2 heterocycles. The molecular weight excluding hydrogens is 300 g/mol. The van der Waals surface area contributed by atoms with Gasteiger partial charge in [-0.05, 0) is 52.0 Å². The molecule has 0 radical (unpaired) electrons. The Hall–Kier alpha value is -0.980. The topological polar surface area (TPSA) is 63.8 Å². The van der Waals surface area contributed by atoms with E-state index in [4.69, 9.17) is 10.7 Å². The number of thiazole rings is 2. The molecule has 0 unspecified atom stereocenters. The highest BCUT2D eigenvalue weighted by atomic mass is 32.1. The van der Waals surface area contributed by atoms with Crippen LogP contribution in [0.15, 0.2) is 5.38 Å². The average molecular weight is 323 g/mol. The minimum absolute atomic E-state index is 0.546. The molecule has 2 aromatic rings. The van der Waals surface area contributed by atoms with E-state index in [1.54, 1.807) is 22.7 Å². The van der Waals surface area contributed by atoms with Gasteiger partial charge >= 0.3 is 0 Å². The van der Waals surface area contributed by atoms with E-state index in [2.05, 4.69) is 22.6 Å². The second-order valence-corrected chi connectivity index (χ2v) is 8.04. The van der Waals surface area contributed by atoms with Crippen LogP contribution in [0.25, 0.3) is 11.4 Å². The van der Waals surface area contributed by atoms with Gasteiger partial charge in [-0.1, -0.05) is 0 Å². The lowest BCUT2D eigenvalue weighted by Crippen LogP contribution is -2.29. The Morgan fingerprint density at radius 1 is 1.24 bits per heavy atom. The summed E-state index contributed by atoms with van der Waals surface area (Å²) in [5.41, 5.74) is 7.78. The van der Waals surface area contributed by atoms with Crippen LogP contribution in [0, 0.1) is 19.8 Å². The van der Waals surface area contributed by atoms with Crippen molar-refractivity contribution in [3.63, 3.8) is 0 Å². The number of nitrogens with zero attached hydrogens (tertiary/aromatic N) is 2. The van der Waals surface area contributed by atoms with E-state index in [0.29, 0.717) is 6.04 Å². The number of anilines is 1. The summed E-state index contributed by atoms with van der Waals surface area (Å²) >= 11 is 3.41. The van der Waals surface area contributed by atoms with Crippen LogP contribution in [0.4, 0.5) is 5.13 Å². The Morgan fingerprint density at radius 2 is 2.00 bits per heavy atom. The molecule has 2 aromatic heterocycles. The fraction of sp³-hybridized carbons (Fsp3) is 0.600. The van der Waals surface area contributed by atoms with Gasteiger partial charge in [-0.15, -0.1) is 22.7 Å². The van der Waals surface area contributed by atoms with E-state index in [1.165, 1.54) is 30.6 Å². The number of hydrogen-bond donors (Lipinski definition) is 2. The lowest BCUT2D eigenvalue weighted by Gasteiger charge is -2.28. The van der Waals surface area contributed by atoms with Crippen molar-refractivity contribution in [1.29, 1.82) is 0 Å². The van der Waals surface area contributed by atoms with Gasteiger partial charge in [0.25, 0.3) is 0 Å². The molecule has 0 amide bonds. The molecule has 0 saturated heterocycles. The highest BCUT2D eigenvalue weighted by Crippen LogP contribution is 2.31. The lowest BCUT2D eigenvalue weighted by atomic mass is 9.86. The van der Waals surface area contributed by atoms with Crippen molar-refractivity contribution < 1.29 is 0 Å². The second-order valence-electron chi connectivity index (χ2n) is 5.77. The third kappa shape index (κ3) is 3.44. The van der Waals surface area contributed by atoms with Gasteiger partial charge in [0.2, 0.25) is 0 Å². The molecule has 0 spiro atoms.